The molecule has 0 radical (unpaired) electrons. The fourth-order valence-electron chi connectivity index (χ4n) is 2.18. The second-order valence-electron chi connectivity index (χ2n) is 5.00. The van der Waals surface area contributed by atoms with Crippen LogP contribution in [-0.4, -0.2) is 39.3 Å². The van der Waals surface area contributed by atoms with Crippen molar-refractivity contribution in [3.05, 3.63) is 24.3 Å². The zero-order valence-corrected chi connectivity index (χ0v) is 14.1. The third kappa shape index (κ3) is 4.91. The highest BCUT2D eigenvalue weighted by atomic mass is 32.2. The summed E-state index contributed by atoms with van der Waals surface area (Å²) in [7, 11) is -3.42. The van der Waals surface area contributed by atoms with Crippen molar-refractivity contribution in [1.29, 1.82) is 0 Å². The molecule has 0 spiro atoms. The van der Waals surface area contributed by atoms with Gasteiger partial charge < -0.3 is 15.4 Å². The average Bonchev–Trinajstić information content (AvgIpc) is 2.99. The minimum absolute atomic E-state index is 0.215. The zero-order chi connectivity index (χ0) is 16.0. The third-order valence-electron chi connectivity index (χ3n) is 3.27. The number of rotatable bonds is 6. The number of sulfonamides is 1. The van der Waals surface area contributed by atoms with Crippen LogP contribution in [-0.2, 0) is 14.8 Å². The number of hydrogen-bond donors (Lipinski definition) is 3. The minimum atomic E-state index is -3.42. The molecule has 1 atom stereocenters. The molecule has 0 unspecified atom stereocenters. The van der Waals surface area contributed by atoms with Crippen LogP contribution in [0, 0.1) is 0 Å². The van der Waals surface area contributed by atoms with Crippen molar-refractivity contribution in [3.63, 3.8) is 0 Å². The molecule has 1 saturated heterocycles. The van der Waals surface area contributed by atoms with E-state index >= 15 is 0 Å². The average molecular weight is 343 g/mol. The quantitative estimate of drug-likeness (QED) is 0.679. The Morgan fingerprint density at radius 3 is 2.68 bits per heavy atom. The van der Waals surface area contributed by atoms with Crippen LogP contribution in [0.4, 0.5) is 5.69 Å². The second-order valence-corrected chi connectivity index (χ2v) is 7.17. The van der Waals surface area contributed by atoms with Gasteiger partial charge in [0, 0.05) is 25.4 Å². The van der Waals surface area contributed by atoms with E-state index in [4.69, 9.17) is 17.0 Å². The zero-order valence-electron chi connectivity index (χ0n) is 12.5. The van der Waals surface area contributed by atoms with Gasteiger partial charge in [0.1, 0.15) is 0 Å². The van der Waals surface area contributed by atoms with E-state index in [1.54, 1.807) is 31.2 Å². The van der Waals surface area contributed by atoms with E-state index in [-0.39, 0.29) is 11.0 Å². The summed E-state index contributed by atoms with van der Waals surface area (Å²) < 4.78 is 31.6. The maximum absolute atomic E-state index is 11.8. The molecule has 0 bridgehead atoms. The maximum atomic E-state index is 11.8. The van der Waals surface area contributed by atoms with Gasteiger partial charge in [-0.25, -0.2) is 13.1 Å². The van der Waals surface area contributed by atoms with Gasteiger partial charge in [-0.3, -0.25) is 0 Å². The smallest absolute Gasteiger partial charge is 0.240 e. The summed E-state index contributed by atoms with van der Waals surface area (Å²) in [6.07, 6.45) is 2.35. The van der Waals surface area contributed by atoms with Crippen molar-refractivity contribution in [3.8, 4) is 0 Å². The van der Waals surface area contributed by atoms with Crippen LogP contribution in [0.15, 0.2) is 29.2 Å². The van der Waals surface area contributed by atoms with E-state index in [0.29, 0.717) is 18.2 Å². The first-order valence-electron chi connectivity index (χ1n) is 7.27. The van der Waals surface area contributed by atoms with E-state index in [1.165, 1.54) is 0 Å². The molecule has 1 fully saturated rings. The van der Waals surface area contributed by atoms with E-state index < -0.39 is 10.0 Å². The lowest BCUT2D eigenvalue weighted by atomic mass is 10.2. The highest BCUT2D eigenvalue weighted by Gasteiger charge is 2.15. The summed E-state index contributed by atoms with van der Waals surface area (Å²) in [6, 6.07) is 6.46. The molecule has 122 valence electrons. The molecular formula is C14H21N3O3S2. The van der Waals surface area contributed by atoms with Crippen LogP contribution < -0.4 is 15.4 Å². The lowest BCUT2D eigenvalue weighted by Crippen LogP contribution is -2.34. The highest BCUT2D eigenvalue weighted by molar-refractivity contribution is 7.89. The Hall–Kier alpha value is -1.22. The number of anilines is 1. The molecular weight excluding hydrogens is 322 g/mol. The number of ether oxygens (including phenoxy) is 1. The normalized spacial score (nSPS) is 18.1. The van der Waals surface area contributed by atoms with Crippen LogP contribution in [0.2, 0.25) is 0 Å². The number of thiocarbonyl (C=S) groups is 1. The Morgan fingerprint density at radius 1 is 1.36 bits per heavy atom. The van der Waals surface area contributed by atoms with E-state index in [0.717, 1.165) is 25.1 Å². The summed E-state index contributed by atoms with van der Waals surface area (Å²) >= 11 is 5.21. The molecule has 1 aromatic rings. The molecule has 3 N–H and O–H groups in total. The fourth-order valence-corrected chi connectivity index (χ4v) is 3.42. The van der Waals surface area contributed by atoms with Crippen molar-refractivity contribution >= 4 is 33.0 Å². The second kappa shape index (κ2) is 7.87. The number of hydrogen-bond acceptors (Lipinski definition) is 4. The van der Waals surface area contributed by atoms with Crippen LogP contribution >= 0.6 is 12.2 Å². The summed E-state index contributed by atoms with van der Waals surface area (Å²) in [5.74, 6) is 0. The molecule has 0 aliphatic carbocycles. The SMILES string of the molecule is CCNS(=O)(=O)c1ccc(NC(=S)NC[C@H]2CCCO2)cc1. The Bertz CT molecular complexity index is 596. The highest BCUT2D eigenvalue weighted by Crippen LogP contribution is 2.14. The standard InChI is InChI=1S/C14H21N3O3S2/c1-2-16-22(18,19)13-7-5-11(6-8-13)17-14(21)15-10-12-4-3-9-20-12/h5-8,12,16H,2-4,9-10H2,1H3,(H2,15,17,21)/t12-/m1/s1. The first kappa shape index (κ1) is 17.1. The van der Waals surface area contributed by atoms with Gasteiger partial charge in [0.05, 0.1) is 11.0 Å². The van der Waals surface area contributed by atoms with Gasteiger partial charge in [0.2, 0.25) is 10.0 Å². The van der Waals surface area contributed by atoms with E-state index in [2.05, 4.69) is 15.4 Å². The van der Waals surface area contributed by atoms with E-state index in [9.17, 15) is 8.42 Å². The minimum Gasteiger partial charge on any atom is -0.376 e. The van der Waals surface area contributed by atoms with E-state index in [1.807, 2.05) is 0 Å². The van der Waals surface area contributed by atoms with Gasteiger partial charge in [0.25, 0.3) is 0 Å². The Morgan fingerprint density at radius 2 is 2.09 bits per heavy atom. The summed E-state index contributed by atoms with van der Waals surface area (Å²) in [5.41, 5.74) is 0.736. The molecule has 0 aromatic heterocycles. The van der Waals surface area contributed by atoms with Crippen molar-refractivity contribution < 1.29 is 13.2 Å². The summed E-state index contributed by atoms with van der Waals surface area (Å²) in [4.78, 5) is 0.234. The van der Waals surface area contributed by atoms with Crippen LogP contribution in [0.3, 0.4) is 0 Å². The molecule has 2 rings (SSSR count). The first-order chi connectivity index (χ1) is 10.5. The molecule has 1 aromatic carbocycles. The molecule has 8 heteroatoms. The van der Waals surface area contributed by atoms with Gasteiger partial charge in [-0.05, 0) is 49.3 Å². The molecule has 1 aliphatic heterocycles. The molecule has 0 saturated carbocycles. The molecule has 0 amide bonds. The van der Waals surface area contributed by atoms with Gasteiger partial charge in [-0.15, -0.1) is 0 Å². The molecule has 1 heterocycles. The van der Waals surface area contributed by atoms with Crippen molar-refractivity contribution in [1.82, 2.24) is 10.0 Å². The Balaban J connectivity index is 1.86. The predicted octanol–water partition coefficient (Wildman–Crippen LogP) is 1.45. The summed E-state index contributed by atoms with van der Waals surface area (Å²) in [6.45, 7) is 3.60. The molecule has 1 aliphatic rings. The maximum Gasteiger partial charge on any atom is 0.240 e. The third-order valence-corrected chi connectivity index (χ3v) is 5.08. The predicted molar refractivity (Wildman–Crippen MR) is 90.5 cm³/mol. The van der Waals surface area contributed by atoms with Gasteiger partial charge in [-0.2, -0.15) is 0 Å². The van der Waals surface area contributed by atoms with Crippen LogP contribution in [0.1, 0.15) is 19.8 Å². The van der Waals surface area contributed by atoms with Gasteiger partial charge in [0.15, 0.2) is 5.11 Å². The summed E-state index contributed by atoms with van der Waals surface area (Å²) in [5, 5.41) is 6.63. The first-order valence-corrected chi connectivity index (χ1v) is 9.16. The Kier molecular flexibility index (Phi) is 6.13. The van der Waals surface area contributed by atoms with Crippen LogP contribution in [0.25, 0.3) is 0 Å². The lowest BCUT2D eigenvalue weighted by Gasteiger charge is -2.14. The molecule has 22 heavy (non-hydrogen) atoms. The van der Waals surface area contributed by atoms with Crippen molar-refractivity contribution in [2.45, 2.75) is 30.8 Å². The monoisotopic (exact) mass is 343 g/mol. The molecule has 6 nitrogen and oxygen atoms in total. The number of benzene rings is 1. The Labute approximate surface area is 136 Å². The fraction of sp³-hybridized carbons (Fsp3) is 0.500. The van der Waals surface area contributed by atoms with Gasteiger partial charge >= 0.3 is 0 Å². The number of nitrogens with one attached hydrogen (secondary N) is 3. The topological polar surface area (TPSA) is 79.5 Å². The van der Waals surface area contributed by atoms with Gasteiger partial charge in [-0.1, -0.05) is 6.92 Å². The van der Waals surface area contributed by atoms with Crippen molar-refractivity contribution in [2.75, 3.05) is 25.0 Å². The van der Waals surface area contributed by atoms with Crippen molar-refractivity contribution in [2.24, 2.45) is 0 Å². The largest absolute Gasteiger partial charge is 0.376 e. The van der Waals surface area contributed by atoms with Crippen LogP contribution in [0.5, 0.6) is 0 Å². The lowest BCUT2D eigenvalue weighted by molar-refractivity contribution is 0.114.